The molecule has 0 saturated carbocycles. The fourth-order valence-corrected chi connectivity index (χ4v) is 1.60. The Balaban J connectivity index is 2.50. The maximum absolute atomic E-state index is 12.9. The first-order valence-corrected chi connectivity index (χ1v) is 5.48. The van der Waals surface area contributed by atoms with E-state index >= 15 is 0 Å². The van der Waals surface area contributed by atoms with E-state index in [1.54, 1.807) is 12.2 Å². The van der Waals surface area contributed by atoms with Gasteiger partial charge in [-0.15, -0.1) is 0 Å². The van der Waals surface area contributed by atoms with Gasteiger partial charge in [-0.3, -0.25) is 0 Å². The normalized spacial score (nSPS) is 18.5. The van der Waals surface area contributed by atoms with Crippen LogP contribution >= 0.6 is 0 Å². The van der Waals surface area contributed by atoms with Crippen LogP contribution in [0.2, 0.25) is 0 Å². The lowest BCUT2D eigenvalue weighted by atomic mass is 9.96. The average molecular weight is 209 g/mol. The van der Waals surface area contributed by atoms with Crippen molar-refractivity contribution in [2.24, 2.45) is 5.92 Å². The Morgan fingerprint density at radius 2 is 2.07 bits per heavy atom. The minimum absolute atomic E-state index is 0.124. The Morgan fingerprint density at radius 3 is 2.73 bits per heavy atom. The zero-order valence-electron chi connectivity index (χ0n) is 9.83. The van der Waals surface area contributed by atoms with E-state index in [0.29, 0.717) is 12.3 Å². The standard InChI is InChI=1S/C13H20FN/c1-11(9-10-15(2)3)12-5-4-6-13(14)8-7-12/h5-8,11H,4,9-10H2,1-3H3. The molecule has 0 spiro atoms. The van der Waals surface area contributed by atoms with Crippen molar-refractivity contribution in [2.45, 2.75) is 19.8 Å². The van der Waals surface area contributed by atoms with Crippen LogP contribution in [0.4, 0.5) is 4.39 Å². The third-order valence-electron chi connectivity index (χ3n) is 2.68. The quantitative estimate of drug-likeness (QED) is 0.686. The number of rotatable bonds is 4. The van der Waals surface area contributed by atoms with Gasteiger partial charge in [-0.1, -0.05) is 19.1 Å². The van der Waals surface area contributed by atoms with Crippen LogP contribution in [0.25, 0.3) is 0 Å². The van der Waals surface area contributed by atoms with Gasteiger partial charge >= 0.3 is 0 Å². The minimum Gasteiger partial charge on any atom is -0.309 e. The van der Waals surface area contributed by atoms with Gasteiger partial charge in [0.1, 0.15) is 5.83 Å². The number of hydrogen-bond acceptors (Lipinski definition) is 1. The molecule has 0 amide bonds. The number of nitrogens with zero attached hydrogens (tertiary/aromatic N) is 1. The summed E-state index contributed by atoms with van der Waals surface area (Å²) in [7, 11) is 4.15. The average Bonchev–Trinajstić information content (AvgIpc) is 2.39. The van der Waals surface area contributed by atoms with Crippen molar-refractivity contribution >= 4 is 0 Å². The first kappa shape index (κ1) is 12.2. The van der Waals surface area contributed by atoms with E-state index in [9.17, 15) is 4.39 Å². The van der Waals surface area contributed by atoms with Crippen molar-refractivity contribution in [3.8, 4) is 0 Å². The van der Waals surface area contributed by atoms with Crippen molar-refractivity contribution in [1.29, 1.82) is 0 Å². The van der Waals surface area contributed by atoms with E-state index in [-0.39, 0.29) is 5.83 Å². The second kappa shape index (κ2) is 5.86. The molecule has 1 aliphatic carbocycles. The molecule has 1 nitrogen and oxygen atoms in total. The molecule has 15 heavy (non-hydrogen) atoms. The van der Waals surface area contributed by atoms with Crippen LogP contribution in [-0.2, 0) is 0 Å². The molecule has 0 aliphatic heterocycles. The molecular weight excluding hydrogens is 189 g/mol. The summed E-state index contributed by atoms with van der Waals surface area (Å²) in [6, 6.07) is 0. The van der Waals surface area contributed by atoms with Crippen LogP contribution in [0.5, 0.6) is 0 Å². The van der Waals surface area contributed by atoms with Crippen LogP contribution in [0.1, 0.15) is 19.8 Å². The molecule has 0 saturated heterocycles. The Bertz CT molecular complexity index is 287. The highest BCUT2D eigenvalue weighted by Crippen LogP contribution is 2.20. The van der Waals surface area contributed by atoms with Crippen LogP contribution in [-0.4, -0.2) is 25.5 Å². The van der Waals surface area contributed by atoms with E-state index in [1.165, 1.54) is 5.57 Å². The number of halogens is 1. The predicted octanol–water partition coefficient (Wildman–Crippen LogP) is 3.31. The van der Waals surface area contributed by atoms with E-state index in [4.69, 9.17) is 0 Å². The first-order chi connectivity index (χ1) is 7.09. The van der Waals surface area contributed by atoms with Crippen LogP contribution in [0.15, 0.2) is 35.7 Å². The topological polar surface area (TPSA) is 3.24 Å². The molecule has 1 rings (SSSR count). The lowest BCUT2D eigenvalue weighted by molar-refractivity contribution is 0.376. The lowest BCUT2D eigenvalue weighted by Crippen LogP contribution is -2.16. The van der Waals surface area contributed by atoms with Crippen LogP contribution in [0, 0.1) is 5.92 Å². The van der Waals surface area contributed by atoms with Gasteiger partial charge in [0.15, 0.2) is 0 Å². The Labute approximate surface area is 92.0 Å². The molecule has 2 heteroatoms. The summed E-state index contributed by atoms with van der Waals surface area (Å²) in [5, 5.41) is 0. The molecule has 0 heterocycles. The molecule has 1 aliphatic rings. The van der Waals surface area contributed by atoms with E-state index < -0.39 is 0 Å². The van der Waals surface area contributed by atoms with Gasteiger partial charge in [-0.2, -0.15) is 0 Å². The third kappa shape index (κ3) is 4.43. The van der Waals surface area contributed by atoms with Gasteiger partial charge in [0.25, 0.3) is 0 Å². The monoisotopic (exact) mass is 209 g/mol. The molecule has 84 valence electrons. The molecule has 0 aromatic rings. The SMILES string of the molecule is CC(CCN(C)C)C1=CCC=C(F)C=C1. The van der Waals surface area contributed by atoms with Crippen molar-refractivity contribution in [2.75, 3.05) is 20.6 Å². The fourth-order valence-electron chi connectivity index (χ4n) is 1.60. The van der Waals surface area contributed by atoms with E-state index in [2.05, 4.69) is 32.0 Å². The Morgan fingerprint density at radius 1 is 1.33 bits per heavy atom. The highest BCUT2D eigenvalue weighted by atomic mass is 19.1. The third-order valence-corrected chi connectivity index (χ3v) is 2.68. The van der Waals surface area contributed by atoms with Gasteiger partial charge in [0, 0.05) is 0 Å². The zero-order valence-corrected chi connectivity index (χ0v) is 9.83. The fraction of sp³-hybridized carbons (Fsp3) is 0.538. The minimum atomic E-state index is -0.124. The molecule has 0 radical (unpaired) electrons. The number of allylic oxidation sites excluding steroid dienone is 6. The highest BCUT2D eigenvalue weighted by molar-refractivity contribution is 5.30. The van der Waals surface area contributed by atoms with Gasteiger partial charge in [-0.05, 0) is 57.1 Å². The zero-order chi connectivity index (χ0) is 11.3. The summed E-state index contributed by atoms with van der Waals surface area (Å²) in [6.45, 7) is 3.27. The molecule has 1 unspecified atom stereocenters. The molecule has 0 aromatic carbocycles. The summed E-state index contributed by atoms with van der Waals surface area (Å²) in [4.78, 5) is 2.18. The Kier molecular flexibility index (Phi) is 4.76. The second-order valence-corrected chi connectivity index (χ2v) is 4.36. The van der Waals surface area contributed by atoms with Gasteiger partial charge in [0.05, 0.1) is 0 Å². The summed E-state index contributed by atoms with van der Waals surface area (Å²) in [5.41, 5.74) is 1.25. The van der Waals surface area contributed by atoms with Crippen molar-refractivity contribution in [3.05, 3.63) is 35.7 Å². The smallest absolute Gasteiger partial charge is 0.119 e. The summed E-state index contributed by atoms with van der Waals surface area (Å²) in [5.74, 6) is 0.379. The second-order valence-electron chi connectivity index (χ2n) is 4.36. The summed E-state index contributed by atoms with van der Waals surface area (Å²) < 4.78 is 12.9. The lowest BCUT2D eigenvalue weighted by Gasteiger charge is -2.16. The summed E-state index contributed by atoms with van der Waals surface area (Å²) >= 11 is 0. The van der Waals surface area contributed by atoms with Gasteiger partial charge in [-0.25, -0.2) is 4.39 Å². The summed E-state index contributed by atoms with van der Waals surface area (Å²) in [6.07, 6.45) is 9.01. The van der Waals surface area contributed by atoms with Crippen molar-refractivity contribution in [3.63, 3.8) is 0 Å². The molecule has 0 aromatic heterocycles. The van der Waals surface area contributed by atoms with E-state index in [0.717, 1.165) is 13.0 Å². The van der Waals surface area contributed by atoms with Gasteiger partial charge in [0.2, 0.25) is 0 Å². The van der Waals surface area contributed by atoms with Crippen LogP contribution in [0.3, 0.4) is 0 Å². The molecular formula is C13H20FN. The molecule has 1 atom stereocenters. The molecule has 0 N–H and O–H groups in total. The van der Waals surface area contributed by atoms with Crippen molar-refractivity contribution in [1.82, 2.24) is 4.90 Å². The number of hydrogen-bond donors (Lipinski definition) is 0. The van der Waals surface area contributed by atoms with E-state index in [1.807, 2.05) is 6.08 Å². The van der Waals surface area contributed by atoms with Gasteiger partial charge < -0.3 is 4.90 Å². The first-order valence-electron chi connectivity index (χ1n) is 5.48. The maximum Gasteiger partial charge on any atom is 0.119 e. The largest absolute Gasteiger partial charge is 0.309 e. The Hall–Kier alpha value is -0.890. The molecule has 0 bridgehead atoms. The van der Waals surface area contributed by atoms with Crippen molar-refractivity contribution < 1.29 is 4.39 Å². The maximum atomic E-state index is 12.9. The van der Waals surface area contributed by atoms with Crippen LogP contribution < -0.4 is 0 Å². The predicted molar refractivity (Wildman–Crippen MR) is 63.4 cm³/mol. The highest BCUT2D eigenvalue weighted by Gasteiger charge is 2.08. The molecule has 0 fully saturated rings.